The molecule has 128 valence electrons. The van der Waals surface area contributed by atoms with Crippen molar-refractivity contribution in [3.63, 3.8) is 0 Å². The lowest BCUT2D eigenvalue weighted by atomic mass is 9.94. The summed E-state index contributed by atoms with van der Waals surface area (Å²) >= 11 is 0. The van der Waals surface area contributed by atoms with Gasteiger partial charge in [-0.15, -0.1) is 0 Å². The first kappa shape index (κ1) is 15.4. The molecular formula is C17H23N5O2. The normalized spacial score (nSPS) is 21.2. The zero-order valence-corrected chi connectivity index (χ0v) is 13.8. The lowest BCUT2D eigenvalue weighted by Crippen LogP contribution is -2.39. The smallest absolute Gasteiger partial charge is 0.226 e. The number of nitrogens with zero attached hydrogens (tertiary/aromatic N) is 4. The molecule has 7 nitrogen and oxygen atoms in total. The predicted octanol–water partition coefficient (Wildman–Crippen LogP) is 2.40. The maximum atomic E-state index is 12.5. The fourth-order valence-corrected chi connectivity index (χ4v) is 3.38. The molecule has 0 bridgehead atoms. The number of carbonyl (C=O) groups excluding carboxylic acids is 1. The molecule has 1 unspecified atom stereocenters. The van der Waals surface area contributed by atoms with Crippen LogP contribution in [-0.4, -0.2) is 44.2 Å². The molecule has 1 N–H and O–H groups in total. The van der Waals surface area contributed by atoms with Gasteiger partial charge in [0.25, 0.3) is 0 Å². The number of hydrogen-bond acceptors (Lipinski definition) is 5. The molecule has 1 aliphatic heterocycles. The second-order valence-corrected chi connectivity index (χ2v) is 6.87. The van der Waals surface area contributed by atoms with Gasteiger partial charge in [-0.2, -0.15) is 10.1 Å². The molecule has 0 radical (unpaired) electrons. The minimum atomic E-state index is 0.223. The molecule has 1 saturated heterocycles. The number of aromatic amines is 1. The summed E-state index contributed by atoms with van der Waals surface area (Å²) in [5.41, 5.74) is 1.13. The van der Waals surface area contributed by atoms with Crippen molar-refractivity contribution in [1.82, 2.24) is 25.2 Å². The van der Waals surface area contributed by atoms with Crippen LogP contribution in [0.5, 0.6) is 0 Å². The van der Waals surface area contributed by atoms with Gasteiger partial charge in [-0.3, -0.25) is 9.89 Å². The molecule has 1 aliphatic carbocycles. The quantitative estimate of drug-likeness (QED) is 0.879. The van der Waals surface area contributed by atoms with E-state index in [4.69, 9.17) is 4.52 Å². The number of rotatable bonds is 6. The largest absolute Gasteiger partial charge is 0.342 e. The molecule has 2 fully saturated rings. The summed E-state index contributed by atoms with van der Waals surface area (Å²) in [6, 6.07) is 2.01. The van der Waals surface area contributed by atoms with Gasteiger partial charge in [-0.1, -0.05) is 5.16 Å². The van der Waals surface area contributed by atoms with Crippen LogP contribution in [0.15, 0.2) is 16.8 Å². The molecule has 2 aromatic heterocycles. The summed E-state index contributed by atoms with van der Waals surface area (Å²) in [5.74, 6) is 2.62. The summed E-state index contributed by atoms with van der Waals surface area (Å²) in [6.45, 7) is 1.64. The molecule has 3 heterocycles. The predicted molar refractivity (Wildman–Crippen MR) is 86.4 cm³/mol. The summed E-state index contributed by atoms with van der Waals surface area (Å²) in [5, 5.41) is 11.1. The lowest BCUT2D eigenvalue weighted by molar-refractivity contribution is -0.132. The first-order valence-electron chi connectivity index (χ1n) is 8.89. The molecule has 24 heavy (non-hydrogen) atoms. The van der Waals surface area contributed by atoms with Crippen LogP contribution in [0.3, 0.4) is 0 Å². The second kappa shape index (κ2) is 6.75. The highest BCUT2D eigenvalue weighted by Crippen LogP contribution is 2.38. The maximum Gasteiger partial charge on any atom is 0.226 e. The number of H-pyrrole nitrogens is 1. The maximum absolute atomic E-state index is 12.5. The standard InChI is InChI=1S/C17H23N5O2/c23-16(5-1-4-15-19-17(21-24-15)12-6-7-12)22-10-2-3-13(11-22)14-8-9-18-20-14/h8-9,12-13H,1-7,10-11H2,(H,18,20). The van der Waals surface area contributed by atoms with Crippen LogP contribution in [0.2, 0.25) is 0 Å². The number of likely N-dealkylation sites (tertiary alicyclic amines) is 1. The van der Waals surface area contributed by atoms with Crippen LogP contribution in [0.4, 0.5) is 0 Å². The Morgan fingerprint density at radius 1 is 1.33 bits per heavy atom. The molecule has 2 aliphatic rings. The summed E-state index contributed by atoms with van der Waals surface area (Å²) in [4.78, 5) is 18.9. The summed E-state index contributed by atoms with van der Waals surface area (Å²) in [7, 11) is 0. The lowest BCUT2D eigenvalue weighted by Gasteiger charge is -2.32. The highest BCUT2D eigenvalue weighted by molar-refractivity contribution is 5.76. The van der Waals surface area contributed by atoms with E-state index in [1.807, 2.05) is 11.0 Å². The molecule has 4 rings (SSSR count). The fourth-order valence-electron chi connectivity index (χ4n) is 3.38. The van der Waals surface area contributed by atoms with Crippen LogP contribution in [0.25, 0.3) is 0 Å². The Hall–Kier alpha value is -2.18. The van der Waals surface area contributed by atoms with Gasteiger partial charge in [-0.25, -0.2) is 0 Å². The minimum Gasteiger partial charge on any atom is -0.342 e. The SMILES string of the molecule is O=C(CCCc1nc(C2CC2)no1)N1CCCC(c2ccn[nH]2)C1. The average Bonchev–Trinajstić information content (AvgIpc) is 3.12. The van der Waals surface area contributed by atoms with Crippen LogP contribution >= 0.6 is 0 Å². The molecule has 2 aromatic rings. The number of nitrogens with one attached hydrogen (secondary N) is 1. The number of aromatic nitrogens is 4. The molecule has 1 atom stereocenters. The van der Waals surface area contributed by atoms with E-state index in [9.17, 15) is 4.79 Å². The third kappa shape index (κ3) is 3.49. The van der Waals surface area contributed by atoms with Crippen LogP contribution in [0.1, 0.15) is 67.8 Å². The van der Waals surface area contributed by atoms with E-state index >= 15 is 0 Å². The molecular weight excluding hydrogens is 306 g/mol. The zero-order chi connectivity index (χ0) is 16.4. The van der Waals surface area contributed by atoms with Gasteiger partial charge in [0.1, 0.15) is 0 Å². The topological polar surface area (TPSA) is 87.9 Å². The Labute approximate surface area is 140 Å². The third-order valence-electron chi connectivity index (χ3n) is 4.94. The van der Waals surface area contributed by atoms with Gasteiger partial charge in [0.05, 0.1) is 0 Å². The first-order chi connectivity index (χ1) is 11.8. The van der Waals surface area contributed by atoms with E-state index in [2.05, 4.69) is 20.3 Å². The van der Waals surface area contributed by atoms with E-state index in [0.29, 0.717) is 30.6 Å². The number of piperidine rings is 1. The Morgan fingerprint density at radius 2 is 2.25 bits per heavy atom. The van der Waals surface area contributed by atoms with E-state index < -0.39 is 0 Å². The summed E-state index contributed by atoms with van der Waals surface area (Å²) in [6.07, 6.45) is 8.25. The van der Waals surface area contributed by atoms with Crippen molar-refractivity contribution < 1.29 is 9.32 Å². The van der Waals surface area contributed by atoms with Gasteiger partial charge in [0.15, 0.2) is 5.82 Å². The fraction of sp³-hybridized carbons (Fsp3) is 0.647. The van der Waals surface area contributed by atoms with Crippen LogP contribution in [0, 0.1) is 0 Å². The van der Waals surface area contributed by atoms with Gasteiger partial charge < -0.3 is 9.42 Å². The summed E-state index contributed by atoms with van der Waals surface area (Å²) < 4.78 is 5.26. The number of hydrogen-bond donors (Lipinski definition) is 1. The molecule has 7 heteroatoms. The molecule has 0 spiro atoms. The highest BCUT2D eigenvalue weighted by Gasteiger charge is 2.29. The number of carbonyl (C=O) groups is 1. The van der Waals surface area contributed by atoms with Crippen molar-refractivity contribution in [2.75, 3.05) is 13.1 Å². The van der Waals surface area contributed by atoms with Gasteiger partial charge in [-0.05, 0) is 38.2 Å². The monoisotopic (exact) mass is 329 g/mol. The van der Waals surface area contributed by atoms with Crippen molar-refractivity contribution in [2.45, 2.75) is 56.8 Å². The van der Waals surface area contributed by atoms with Crippen molar-refractivity contribution in [2.24, 2.45) is 0 Å². The molecule has 1 saturated carbocycles. The van der Waals surface area contributed by atoms with Crippen molar-refractivity contribution >= 4 is 5.91 Å². The van der Waals surface area contributed by atoms with Gasteiger partial charge in [0, 0.05) is 49.7 Å². The van der Waals surface area contributed by atoms with Crippen LogP contribution < -0.4 is 0 Å². The van der Waals surface area contributed by atoms with Gasteiger partial charge in [0.2, 0.25) is 11.8 Å². The van der Waals surface area contributed by atoms with Crippen molar-refractivity contribution in [3.8, 4) is 0 Å². The second-order valence-electron chi connectivity index (χ2n) is 6.87. The Kier molecular flexibility index (Phi) is 4.32. The number of amides is 1. The van der Waals surface area contributed by atoms with E-state index in [1.54, 1.807) is 6.20 Å². The molecule has 0 aromatic carbocycles. The Balaban J connectivity index is 1.24. The van der Waals surface area contributed by atoms with E-state index in [1.165, 1.54) is 12.8 Å². The Bertz CT molecular complexity index is 677. The highest BCUT2D eigenvalue weighted by atomic mass is 16.5. The van der Waals surface area contributed by atoms with Gasteiger partial charge >= 0.3 is 0 Å². The zero-order valence-electron chi connectivity index (χ0n) is 13.8. The first-order valence-corrected chi connectivity index (χ1v) is 8.89. The van der Waals surface area contributed by atoms with Crippen molar-refractivity contribution in [3.05, 3.63) is 29.7 Å². The van der Waals surface area contributed by atoms with E-state index in [0.717, 1.165) is 43.9 Å². The van der Waals surface area contributed by atoms with Crippen LogP contribution in [-0.2, 0) is 11.2 Å². The number of aryl methyl sites for hydroxylation is 1. The van der Waals surface area contributed by atoms with E-state index in [-0.39, 0.29) is 5.91 Å². The Morgan fingerprint density at radius 3 is 3.04 bits per heavy atom. The average molecular weight is 329 g/mol. The minimum absolute atomic E-state index is 0.223. The van der Waals surface area contributed by atoms with Crippen molar-refractivity contribution in [1.29, 1.82) is 0 Å². The third-order valence-corrected chi connectivity index (χ3v) is 4.94. The molecule has 1 amide bonds.